The zero-order valence-corrected chi connectivity index (χ0v) is 18.7. The number of benzene rings is 3. The van der Waals surface area contributed by atoms with Crippen LogP contribution in [0.15, 0.2) is 83.3 Å². The Labute approximate surface area is 190 Å². The third-order valence-electron chi connectivity index (χ3n) is 6.39. The van der Waals surface area contributed by atoms with E-state index >= 15 is 0 Å². The van der Waals surface area contributed by atoms with E-state index in [1.54, 1.807) is 0 Å². The van der Waals surface area contributed by atoms with Gasteiger partial charge in [-0.1, -0.05) is 79.9 Å². The van der Waals surface area contributed by atoms with Crippen LogP contribution in [0, 0.1) is 0 Å². The maximum Gasteiger partial charge on any atom is 0.227 e. The van der Waals surface area contributed by atoms with E-state index in [0.717, 1.165) is 45.9 Å². The highest BCUT2D eigenvalue weighted by molar-refractivity contribution is 5.82. The number of hydrogen-bond donors (Lipinski definition) is 1. The molecule has 1 N–H and O–H groups in total. The summed E-state index contributed by atoms with van der Waals surface area (Å²) in [5.74, 6) is 2.22. The lowest BCUT2D eigenvalue weighted by molar-refractivity contribution is 0.379. The summed E-state index contributed by atoms with van der Waals surface area (Å²) in [5.41, 5.74) is 6.61. The molecule has 1 aliphatic carbocycles. The van der Waals surface area contributed by atoms with Gasteiger partial charge in [0.05, 0.1) is 0 Å². The van der Waals surface area contributed by atoms with Crippen molar-refractivity contribution < 1.29 is 4.42 Å². The summed E-state index contributed by atoms with van der Waals surface area (Å²) >= 11 is 0. The van der Waals surface area contributed by atoms with Crippen LogP contribution in [-0.4, -0.2) is 11.5 Å². The Kier molecular flexibility index (Phi) is 6.06. The minimum absolute atomic E-state index is 0.449. The maximum absolute atomic E-state index is 6.61. The third kappa shape index (κ3) is 4.20. The van der Waals surface area contributed by atoms with Crippen molar-refractivity contribution in [3.8, 4) is 33.8 Å². The summed E-state index contributed by atoms with van der Waals surface area (Å²) in [4.78, 5) is 5.09. The Morgan fingerprint density at radius 1 is 0.812 bits per heavy atom. The van der Waals surface area contributed by atoms with Crippen LogP contribution in [0.2, 0.25) is 0 Å². The minimum Gasteiger partial charge on any atom is -0.440 e. The number of hydrogen-bond acceptors (Lipinski definition) is 3. The number of nitrogens with zero attached hydrogens (tertiary/aromatic N) is 1. The van der Waals surface area contributed by atoms with E-state index in [-0.39, 0.29) is 0 Å². The summed E-state index contributed by atoms with van der Waals surface area (Å²) in [6, 6.07) is 27.5. The molecule has 0 unspecified atom stereocenters. The van der Waals surface area contributed by atoms with Crippen LogP contribution in [0.1, 0.15) is 50.7 Å². The lowest BCUT2D eigenvalue weighted by atomic mass is 9.86. The van der Waals surface area contributed by atoms with Gasteiger partial charge in [-0.15, -0.1) is 0 Å². The second-order valence-corrected chi connectivity index (χ2v) is 8.59. The van der Waals surface area contributed by atoms with Crippen molar-refractivity contribution in [2.75, 3.05) is 11.9 Å². The smallest absolute Gasteiger partial charge is 0.227 e. The Hall–Kier alpha value is -3.33. The lowest BCUT2D eigenvalue weighted by Crippen LogP contribution is -2.04. The first-order chi connectivity index (χ1) is 15.8. The van der Waals surface area contributed by atoms with Crippen LogP contribution >= 0.6 is 0 Å². The fourth-order valence-corrected chi connectivity index (χ4v) is 4.81. The first-order valence-corrected chi connectivity index (χ1v) is 11.8. The monoisotopic (exact) mass is 422 g/mol. The molecule has 3 aromatic carbocycles. The average molecular weight is 423 g/mol. The summed E-state index contributed by atoms with van der Waals surface area (Å²) in [7, 11) is 0. The zero-order valence-electron chi connectivity index (χ0n) is 18.7. The van der Waals surface area contributed by atoms with E-state index in [2.05, 4.69) is 91.1 Å². The van der Waals surface area contributed by atoms with Crippen molar-refractivity contribution in [3.05, 3.63) is 84.6 Å². The van der Waals surface area contributed by atoms with Gasteiger partial charge < -0.3 is 9.73 Å². The molecule has 0 saturated heterocycles. The van der Waals surface area contributed by atoms with Crippen molar-refractivity contribution in [2.45, 2.75) is 44.9 Å². The molecule has 0 atom stereocenters. The first kappa shape index (κ1) is 20.6. The Bertz CT molecular complexity index is 1170. The molecule has 1 heterocycles. The highest BCUT2D eigenvalue weighted by Gasteiger charge is 2.26. The molecule has 1 saturated carbocycles. The fourth-order valence-electron chi connectivity index (χ4n) is 4.81. The molecule has 1 fully saturated rings. The summed E-state index contributed by atoms with van der Waals surface area (Å²) < 4.78 is 6.61. The van der Waals surface area contributed by atoms with Crippen LogP contribution in [0.3, 0.4) is 0 Å². The predicted octanol–water partition coefficient (Wildman–Crippen LogP) is 8.16. The van der Waals surface area contributed by atoms with Crippen molar-refractivity contribution in [1.82, 2.24) is 4.98 Å². The van der Waals surface area contributed by atoms with Crippen molar-refractivity contribution in [3.63, 3.8) is 0 Å². The number of aromatic nitrogens is 1. The van der Waals surface area contributed by atoms with Gasteiger partial charge in [0.25, 0.3) is 0 Å². The largest absolute Gasteiger partial charge is 0.440 e. The molecule has 3 nitrogen and oxygen atoms in total. The van der Waals surface area contributed by atoms with Crippen molar-refractivity contribution >= 4 is 5.69 Å². The fraction of sp³-hybridized carbons (Fsp3) is 0.276. The number of anilines is 1. The molecule has 3 heteroatoms. The van der Waals surface area contributed by atoms with Gasteiger partial charge in [-0.3, -0.25) is 0 Å². The van der Waals surface area contributed by atoms with Crippen molar-refractivity contribution in [1.29, 1.82) is 0 Å². The maximum atomic E-state index is 6.61. The number of nitrogens with one attached hydrogen (secondary N) is 1. The number of oxazole rings is 1. The second-order valence-electron chi connectivity index (χ2n) is 8.59. The molecule has 162 valence electrons. The molecule has 0 bridgehead atoms. The molecule has 0 aliphatic heterocycles. The molecular weight excluding hydrogens is 392 g/mol. The average Bonchev–Trinajstić information content (AvgIpc) is 3.31. The summed E-state index contributed by atoms with van der Waals surface area (Å²) in [6.45, 7) is 3.02. The van der Waals surface area contributed by atoms with Gasteiger partial charge in [0.1, 0.15) is 11.5 Å². The molecule has 1 aromatic heterocycles. The van der Waals surface area contributed by atoms with Crippen LogP contribution in [0.25, 0.3) is 33.8 Å². The van der Waals surface area contributed by atoms with Gasteiger partial charge >= 0.3 is 0 Å². The number of rotatable bonds is 6. The van der Waals surface area contributed by atoms with Crippen LogP contribution in [0.4, 0.5) is 5.69 Å². The summed E-state index contributed by atoms with van der Waals surface area (Å²) in [6.07, 6.45) is 6.22. The van der Waals surface area contributed by atoms with Crippen LogP contribution < -0.4 is 5.32 Å². The molecule has 4 aromatic rings. The van der Waals surface area contributed by atoms with Crippen LogP contribution in [-0.2, 0) is 0 Å². The highest BCUT2D eigenvalue weighted by Crippen LogP contribution is 2.42. The Morgan fingerprint density at radius 2 is 1.53 bits per heavy atom. The van der Waals surface area contributed by atoms with Gasteiger partial charge in [-0.2, -0.15) is 0 Å². The SMILES string of the molecule is CCNc1cccc(-c2ccccc2-c2nc(-c3ccccc3)c(C3CCCCC3)o2)c1. The molecular formula is C29H30N2O. The quantitative estimate of drug-likeness (QED) is 0.341. The predicted molar refractivity (Wildman–Crippen MR) is 133 cm³/mol. The van der Waals surface area contributed by atoms with E-state index in [0.29, 0.717) is 11.8 Å². The normalized spacial score (nSPS) is 14.4. The molecule has 1 aliphatic rings. The minimum atomic E-state index is 0.449. The Balaban J connectivity index is 1.62. The van der Waals surface area contributed by atoms with Gasteiger partial charge in [-0.25, -0.2) is 4.98 Å². The Morgan fingerprint density at radius 3 is 2.31 bits per heavy atom. The molecule has 0 amide bonds. The van der Waals surface area contributed by atoms with E-state index in [1.165, 1.54) is 32.1 Å². The first-order valence-electron chi connectivity index (χ1n) is 11.8. The van der Waals surface area contributed by atoms with Gasteiger partial charge in [0.15, 0.2) is 0 Å². The molecule has 5 rings (SSSR count). The van der Waals surface area contributed by atoms with E-state index < -0.39 is 0 Å². The summed E-state index contributed by atoms with van der Waals surface area (Å²) in [5, 5.41) is 3.42. The zero-order chi connectivity index (χ0) is 21.8. The van der Waals surface area contributed by atoms with E-state index in [1.807, 2.05) is 0 Å². The van der Waals surface area contributed by atoms with Gasteiger partial charge in [-0.05, 0) is 49.1 Å². The highest BCUT2D eigenvalue weighted by atomic mass is 16.4. The van der Waals surface area contributed by atoms with Gasteiger partial charge in [0.2, 0.25) is 5.89 Å². The topological polar surface area (TPSA) is 38.1 Å². The molecule has 0 spiro atoms. The van der Waals surface area contributed by atoms with E-state index in [9.17, 15) is 0 Å². The third-order valence-corrected chi connectivity index (χ3v) is 6.39. The standard InChI is InChI=1S/C29H30N2O/c1-2-30-24-17-11-16-23(20-24)25-18-9-10-19-26(25)29-31-27(21-12-5-3-6-13-21)28(32-29)22-14-7-4-8-15-22/h3,5-6,9-13,16-20,22,30H,2,4,7-8,14-15H2,1H3. The van der Waals surface area contributed by atoms with Gasteiger partial charge in [0, 0.05) is 29.3 Å². The van der Waals surface area contributed by atoms with Crippen LogP contribution in [0.5, 0.6) is 0 Å². The van der Waals surface area contributed by atoms with E-state index in [4.69, 9.17) is 9.40 Å². The lowest BCUT2D eigenvalue weighted by Gasteiger charge is -2.20. The molecule has 32 heavy (non-hydrogen) atoms. The van der Waals surface area contributed by atoms with Crippen molar-refractivity contribution in [2.24, 2.45) is 0 Å². The second kappa shape index (κ2) is 9.44. The molecule has 0 radical (unpaired) electrons.